The van der Waals surface area contributed by atoms with Gasteiger partial charge in [0.2, 0.25) is 10.0 Å². The summed E-state index contributed by atoms with van der Waals surface area (Å²) in [5.74, 6) is 0.588. The second-order valence-electron chi connectivity index (χ2n) is 4.08. The zero-order valence-electron chi connectivity index (χ0n) is 10.1. The van der Waals surface area contributed by atoms with Gasteiger partial charge >= 0.3 is 0 Å². The maximum absolute atomic E-state index is 12.1. The quantitative estimate of drug-likeness (QED) is 0.740. The predicted molar refractivity (Wildman–Crippen MR) is 82.1 cm³/mol. The van der Waals surface area contributed by atoms with Crippen molar-refractivity contribution in [3.05, 3.63) is 46.0 Å². The number of para-hydroxylation sites is 2. The summed E-state index contributed by atoms with van der Waals surface area (Å²) in [4.78, 5) is 7.41. The first-order valence-electron chi connectivity index (χ1n) is 5.73. The summed E-state index contributed by atoms with van der Waals surface area (Å²) in [7, 11) is -3.50. The summed E-state index contributed by atoms with van der Waals surface area (Å²) in [5.41, 5.74) is 1.71. The molecule has 104 valence electrons. The van der Waals surface area contributed by atoms with Gasteiger partial charge in [-0.25, -0.2) is 18.1 Å². The fourth-order valence-corrected chi connectivity index (χ4v) is 4.81. The molecule has 0 fully saturated rings. The van der Waals surface area contributed by atoms with Crippen molar-refractivity contribution in [1.29, 1.82) is 0 Å². The number of imidazole rings is 1. The number of aromatic nitrogens is 2. The molecule has 8 heteroatoms. The number of benzene rings is 1. The van der Waals surface area contributed by atoms with E-state index in [9.17, 15) is 8.42 Å². The smallest absolute Gasteiger partial charge is 0.250 e. The van der Waals surface area contributed by atoms with Crippen molar-refractivity contribution in [1.82, 2.24) is 14.7 Å². The minimum Gasteiger partial charge on any atom is -0.341 e. The minimum absolute atomic E-state index is 0.131. The Kier molecular flexibility index (Phi) is 3.63. The van der Waals surface area contributed by atoms with E-state index in [4.69, 9.17) is 0 Å². The largest absolute Gasteiger partial charge is 0.341 e. The van der Waals surface area contributed by atoms with Gasteiger partial charge in [-0.3, -0.25) is 0 Å². The van der Waals surface area contributed by atoms with Gasteiger partial charge in [-0.2, -0.15) is 0 Å². The summed E-state index contributed by atoms with van der Waals surface area (Å²) in [5, 5.41) is 0. The molecule has 0 aliphatic heterocycles. The first-order chi connectivity index (χ1) is 9.54. The van der Waals surface area contributed by atoms with Gasteiger partial charge in [0.25, 0.3) is 0 Å². The molecule has 0 saturated heterocycles. The number of halogens is 1. The molecule has 0 aliphatic rings. The zero-order chi connectivity index (χ0) is 14.2. The normalized spacial score (nSPS) is 12.1. The van der Waals surface area contributed by atoms with E-state index in [1.54, 1.807) is 12.1 Å². The number of sulfonamides is 1. The number of thiophene rings is 1. The first-order valence-corrected chi connectivity index (χ1v) is 8.82. The van der Waals surface area contributed by atoms with Crippen LogP contribution >= 0.6 is 27.3 Å². The van der Waals surface area contributed by atoms with Crippen molar-refractivity contribution in [2.45, 2.75) is 10.8 Å². The van der Waals surface area contributed by atoms with Gasteiger partial charge in [-0.15, -0.1) is 11.3 Å². The van der Waals surface area contributed by atoms with Gasteiger partial charge in [0, 0.05) is 0 Å². The van der Waals surface area contributed by atoms with Crippen LogP contribution in [-0.2, 0) is 16.6 Å². The number of H-pyrrole nitrogens is 1. The average Bonchev–Trinajstić information content (AvgIpc) is 3.02. The number of rotatable bonds is 4. The van der Waals surface area contributed by atoms with Gasteiger partial charge < -0.3 is 4.98 Å². The van der Waals surface area contributed by atoms with Crippen LogP contribution in [0.15, 0.2) is 44.4 Å². The second kappa shape index (κ2) is 5.28. The van der Waals surface area contributed by atoms with Gasteiger partial charge in [0.15, 0.2) is 0 Å². The molecular weight excluding hydrogens is 362 g/mol. The van der Waals surface area contributed by atoms with Gasteiger partial charge in [0.1, 0.15) is 10.0 Å². The third-order valence-electron chi connectivity index (χ3n) is 2.68. The fourth-order valence-electron chi connectivity index (χ4n) is 1.77. The van der Waals surface area contributed by atoms with Gasteiger partial charge in [-0.05, 0) is 40.2 Å². The Morgan fingerprint density at radius 3 is 2.75 bits per heavy atom. The molecular formula is C12H10BrN3O2S2. The maximum Gasteiger partial charge on any atom is 0.250 e. The molecule has 20 heavy (non-hydrogen) atoms. The molecule has 1 aromatic carbocycles. The average molecular weight is 372 g/mol. The Labute approximate surface area is 128 Å². The van der Waals surface area contributed by atoms with Gasteiger partial charge in [0.05, 0.1) is 21.4 Å². The highest BCUT2D eigenvalue weighted by molar-refractivity contribution is 9.11. The summed E-state index contributed by atoms with van der Waals surface area (Å²) in [6, 6.07) is 10.8. The number of aromatic amines is 1. The number of nitrogens with one attached hydrogen (secondary N) is 2. The fraction of sp³-hybridized carbons (Fsp3) is 0.0833. The summed E-state index contributed by atoms with van der Waals surface area (Å²) in [6.07, 6.45) is 0. The van der Waals surface area contributed by atoms with E-state index in [1.807, 2.05) is 24.3 Å². The van der Waals surface area contributed by atoms with Crippen molar-refractivity contribution in [3.63, 3.8) is 0 Å². The van der Waals surface area contributed by atoms with E-state index in [-0.39, 0.29) is 10.8 Å². The third kappa shape index (κ3) is 2.78. The molecule has 2 aromatic heterocycles. The predicted octanol–water partition coefficient (Wildman–Crippen LogP) is 2.87. The molecule has 3 aromatic rings. The highest BCUT2D eigenvalue weighted by atomic mass is 79.9. The Morgan fingerprint density at radius 1 is 1.25 bits per heavy atom. The van der Waals surface area contributed by atoms with Crippen molar-refractivity contribution in [3.8, 4) is 0 Å². The summed E-state index contributed by atoms with van der Waals surface area (Å²) < 4.78 is 27.7. The lowest BCUT2D eigenvalue weighted by atomic mass is 10.3. The van der Waals surface area contributed by atoms with Crippen molar-refractivity contribution in [2.75, 3.05) is 0 Å². The van der Waals surface area contributed by atoms with Crippen LogP contribution < -0.4 is 4.72 Å². The molecule has 2 heterocycles. The van der Waals surface area contributed by atoms with E-state index >= 15 is 0 Å². The molecule has 0 amide bonds. The molecule has 0 spiro atoms. The lowest BCUT2D eigenvalue weighted by molar-refractivity contribution is 0.582. The van der Waals surface area contributed by atoms with Crippen LogP contribution in [0, 0.1) is 0 Å². The molecule has 2 N–H and O–H groups in total. The minimum atomic E-state index is -3.50. The van der Waals surface area contributed by atoms with E-state index in [0.29, 0.717) is 5.82 Å². The van der Waals surface area contributed by atoms with Crippen LogP contribution in [0.1, 0.15) is 5.82 Å². The van der Waals surface area contributed by atoms with Crippen molar-refractivity contribution < 1.29 is 8.42 Å². The van der Waals surface area contributed by atoms with Crippen molar-refractivity contribution >= 4 is 48.3 Å². The van der Waals surface area contributed by atoms with Crippen molar-refractivity contribution in [2.24, 2.45) is 0 Å². The van der Waals surface area contributed by atoms with Gasteiger partial charge in [-0.1, -0.05) is 12.1 Å². The molecule has 0 unspecified atom stereocenters. The lowest BCUT2D eigenvalue weighted by Gasteiger charge is -2.01. The first kappa shape index (κ1) is 13.7. The topological polar surface area (TPSA) is 74.8 Å². The Hall–Kier alpha value is -1.22. The Bertz CT molecular complexity index is 821. The Morgan fingerprint density at radius 2 is 2.05 bits per heavy atom. The lowest BCUT2D eigenvalue weighted by Crippen LogP contribution is -2.22. The van der Waals surface area contributed by atoms with Crippen LogP contribution in [-0.4, -0.2) is 18.4 Å². The SMILES string of the molecule is O=S(=O)(NCc1nc2ccccc2[nH]1)c1ccc(Br)s1. The summed E-state index contributed by atoms with van der Waals surface area (Å²) >= 11 is 4.42. The number of hydrogen-bond donors (Lipinski definition) is 2. The molecule has 0 aliphatic carbocycles. The molecule has 3 rings (SSSR count). The Balaban J connectivity index is 1.79. The molecule has 0 bridgehead atoms. The standard InChI is InChI=1S/C12H10BrN3O2S2/c13-10-5-6-12(19-10)20(17,18)14-7-11-15-8-3-1-2-4-9(8)16-11/h1-6,14H,7H2,(H,15,16). The van der Waals surface area contributed by atoms with E-state index in [1.165, 1.54) is 11.3 Å². The third-order valence-corrected chi connectivity index (χ3v) is 6.20. The maximum atomic E-state index is 12.1. The molecule has 5 nitrogen and oxygen atoms in total. The number of hydrogen-bond acceptors (Lipinski definition) is 4. The van der Waals surface area contributed by atoms with Crippen LogP contribution in [0.2, 0.25) is 0 Å². The molecule has 0 saturated carbocycles. The van der Waals surface area contributed by atoms with E-state index in [0.717, 1.165) is 14.8 Å². The van der Waals surface area contributed by atoms with E-state index in [2.05, 4.69) is 30.6 Å². The van der Waals surface area contributed by atoms with Crippen LogP contribution in [0.25, 0.3) is 11.0 Å². The van der Waals surface area contributed by atoms with Crippen LogP contribution in [0.3, 0.4) is 0 Å². The highest BCUT2D eigenvalue weighted by Gasteiger charge is 2.16. The van der Waals surface area contributed by atoms with Crippen LogP contribution in [0.5, 0.6) is 0 Å². The molecule has 0 radical (unpaired) electrons. The monoisotopic (exact) mass is 371 g/mol. The number of nitrogens with zero attached hydrogens (tertiary/aromatic N) is 1. The van der Waals surface area contributed by atoms with Crippen LogP contribution in [0.4, 0.5) is 0 Å². The summed E-state index contributed by atoms with van der Waals surface area (Å²) in [6.45, 7) is 0.131. The highest BCUT2D eigenvalue weighted by Crippen LogP contribution is 2.25. The molecule has 0 atom stereocenters. The van der Waals surface area contributed by atoms with E-state index < -0.39 is 10.0 Å². The number of fused-ring (bicyclic) bond motifs is 1. The zero-order valence-corrected chi connectivity index (χ0v) is 13.3. The second-order valence-corrected chi connectivity index (χ2v) is 8.54.